The Kier molecular flexibility index (Phi) is 4.04. The highest BCUT2D eigenvalue weighted by Crippen LogP contribution is 2.20. The first kappa shape index (κ1) is 11.7. The van der Waals surface area contributed by atoms with E-state index < -0.39 is 6.09 Å². The summed E-state index contributed by atoms with van der Waals surface area (Å²) in [6.45, 7) is 1.39. The van der Waals surface area contributed by atoms with Crippen molar-refractivity contribution in [1.29, 1.82) is 0 Å². The molecule has 0 atom stereocenters. The van der Waals surface area contributed by atoms with Crippen LogP contribution in [-0.4, -0.2) is 41.3 Å². The molecule has 0 unspecified atom stereocenters. The fraction of sp³-hybridized carbons (Fsp3) is 0.917. The van der Waals surface area contributed by atoms with Crippen molar-refractivity contribution in [2.45, 2.75) is 57.0 Å². The quantitative estimate of drug-likeness (QED) is 0.757. The van der Waals surface area contributed by atoms with E-state index in [-0.39, 0.29) is 0 Å². The molecule has 92 valence electrons. The highest BCUT2D eigenvalue weighted by Gasteiger charge is 2.24. The lowest BCUT2D eigenvalue weighted by Crippen LogP contribution is -2.47. The molecule has 1 heterocycles. The molecule has 2 aliphatic rings. The van der Waals surface area contributed by atoms with Gasteiger partial charge in [-0.2, -0.15) is 0 Å². The number of carbonyl (C=O) groups is 1. The SMILES string of the molecule is O=C(O)N1CCC(NC2CCCCC2)CC1. The zero-order chi connectivity index (χ0) is 11.4. The number of carboxylic acid groups (broad SMARTS) is 1. The van der Waals surface area contributed by atoms with Gasteiger partial charge < -0.3 is 15.3 Å². The standard InChI is InChI=1S/C12H22N2O2/c15-12(16)14-8-6-11(7-9-14)13-10-4-2-1-3-5-10/h10-11,13H,1-9H2,(H,15,16). The fourth-order valence-electron chi connectivity index (χ4n) is 2.84. The van der Waals surface area contributed by atoms with Crippen LogP contribution in [0.4, 0.5) is 4.79 Å². The zero-order valence-corrected chi connectivity index (χ0v) is 9.82. The van der Waals surface area contributed by atoms with Gasteiger partial charge in [-0.15, -0.1) is 0 Å². The van der Waals surface area contributed by atoms with Gasteiger partial charge in [-0.05, 0) is 25.7 Å². The second-order valence-corrected chi connectivity index (χ2v) is 5.05. The third-order valence-corrected chi connectivity index (χ3v) is 3.84. The molecule has 2 N–H and O–H groups in total. The number of likely N-dealkylation sites (tertiary alicyclic amines) is 1. The van der Waals surface area contributed by atoms with Gasteiger partial charge in [-0.3, -0.25) is 0 Å². The average Bonchev–Trinajstić information content (AvgIpc) is 2.31. The summed E-state index contributed by atoms with van der Waals surface area (Å²) in [5, 5.41) is 12.5. The number of amides is 1. The van der Waals surface area contributed by atoms with Crippen LogP contribution < -0.4 is 5.32 Å². The second-order valence-electron chi connectivity index (χ2n) is 5.05. The number of rotatable bonds is 2. The molecule has 4 nitrogen and oxygen atoms in total. The molecule has 1 aliphatic heterocycles. The first-order valence-electron chi connectivity index (χ1n) is 6.49. The fourth-order valence-corrected chi connectivity index (χ4v) is 2.84. The van der Waals surface area contributed by atoms with Gasteiger partial charge in [0.15, 0.2) is 0 Å². The molecule has 4 heteroatoms. The van der Waals surface area contributed by atoms with Crippen LogP contribution in [0.2, 0.25) is 0 Å². The summed E-state index contributed by atoms with van der Waals surface area (Å²) < 4.78 is 0. The van der Waals surface area contributed by atoms with E-state index in [9.17, 15) is 4.79 Å². The van der Waals surface area contributed by atoms with Crippen molar-refractivity contribution in [3.05, 3.63) is 0 Å². The molecule has 0 bridgehead atoms. The lowest BCUT2D eigenvalue weighted by Gasteiger charge is -2.34. The molecule has 1 saturated heterocycles. The maximum absolute atomic E-state index is 10.8. The van der Waals surface area contributed by atoms with E-state index in [1.165, 1.54) is 37.0 Å². The van der Waals surface area contributed by atoms with Gasteiger partial charge >= 0.3 is 6.09 Å². The highest BCUT2D eigenvalue weighted by molar-refractivity contribution is 5.65. The van der Waals surface area contributed by atoms with Crippen LogP contribution in [0.1, 0.15) is 44.9 Å². The van der Waals surface area contributed by atoms with E-state index >= 15 is 0 Å². The Bertz CT molecular complexity index is 231. The Balaban J connectivity index is 1.70. The zero-order valence-electron chi connectivity index (χ0n) is 9.82. The number of nitrogens with one attached hydrogen (secondary N) is 1. The van der Waals surface area contributed by atoms with Crippen LogP contribution in [-0.2, 0) is 0 Å². The Hall–Kier alpha value is -0.770. The van der Waals surface area contributed by atoms with Crippen molar-refractivity contribution < 1.29 is 9.90 Å². The minimum absolute atomic E-state index is 0.540. The first-order chi connectivity index (χ1) is 7.75. The lowest BCUT2D eigenvalue weighted by molar-refractivity contribution is 0.126. The van der Waals surface area contributed by atoms with Crippen LogP contribution in [0.5, 0.6) is 0 Å². The summed E-state index contributed by atoms with van der Waals surface area (Å²) >= 11 is 0. The predicted octanol–water partition coefficient (Wildman–Crippen LogP) is 2.05. The Labute approximate surface area is 97.0 Å². The highest BCUT2D eigenvalue weighted by atomic mass is 16.4. The molecule has 1 amide bonds. The molecule has 2 rings (SSSR count). The van der Waals surface area contributed by atoms with E-state index in [0.29, 0.717) is 25.2 Å². The van der Waals surface area contributed by atoms with Gasteiger partial charge in [-0.1, -0.05) is 19.3 Å². The van der Waals surface area contributed by atoms with Gasteiger partial charge in [0.1, 0.15) is 0 Å². The maximum Gasteiger partial charge on any atom is 0.407 e. The predicted molar refractivity (Wildman–Crippen MR) is 62.6 cm³/mol. The van der Waals surface area contributed by atoms with Gasteiger partial charge in [0.2, 0.25) is 0 Å². The largest absolute Gasteiger partial charge is 0.465 e. The van der Waals surface area contributed by atoms with Crippen LogP contribution >= 0.6 is 0 Å². The van der Waals surface area contributed by atoms with E-state index in [1.807, 2.05) is 0 Å². The Morgan fingerprint density at radius 1 is 1.00 bits per heavy atom. The maximum atomic E-state index is 10.8. The molecule has 1 aliphatic carbocycles. The summed E-state index contributed by atoms with van der Waals surface area (Å²) in [5.41, 5.74) is 0. The first-order valence-corrected chi connectivity index (χ1v) is 6.49. The monoisotopic (exact) mass is 226 g/mol. The molecular formula is C12H22N2O2. The van der Waals surface area contributed by atoms with Gasteiger partial charge in [0.25, 0.3) is 0 Å². The van der Waals surface area contributed by atoms with Gasteiger partial charge in [-0.25, -0.2) is 4.79 Å². The second kappa shape index (κ2) is 5.53. The summed E-state index contributed by atoms with van der Waals surface area (Å²) in [7, 11) is 0. The molecule has 1 saturated carbocycles. The van der Waals surface area contributed by atoms with Crippen molar-refractivity contribution in [2.24, 2.45) is 0 Å². The van der Waals surface area contributed by atoms with Crippen LogP contribution in [0.15, 0.2) is 0 Å². The Morgan fingerprint density at radius 3 is 2.12 bits per heavy atom. The topological polar surface area (TPSA) is 52.6 Å². The minimum Gasteiger partial charge on any atom is -0.465 e. The third kappa shape index (κ3) is 3.11. The van der Waals surface area contributed by atoms with Crippen molar-refractivity contribution in [2.75, 3.05) is 13.1 Å². The van der Waals surface area contributed by atoms with Crippen molar-refractivity contribution in [3.8, 4) is 0 Å². The number of piperidine rings is 1. The normalized spacial score (nSPS) is 24.6. The number of hydrogen-bond donors (Lipinski definition) is 2. The van der Waals surface area contributed by atoms with E-state index in [1.54, 1.807) is 0 Å². The van der Waals surface area contributed by atoms with Crippen molar-refractivity contribution >= 4 is 6.09 Å². The summed E-state index contributed by atoms with van der Waals surface area (Å²) in [5.74, 6) is 0. The molecular weight excluding hydrogens is 204 g/mol. The number of hydrogen-bond acceptors (Lipinski definition) is 2. The summed E-state index contributed by atoms with van der Waals surface area (Å²) in [6, 6.07) is 1.23. The summed E-state index contributed by atoms with van der Waals surface area (Å²) in [4.78, 5) is 12.3. The number of nitrogens with zero attached hydrogens (tertiary/aromatic N) is 1. The van der Waals surface area contributed by atoms with Crippen LogP contribution in [0.25, 0.3) is 0 Å². The molecule has 16 heavy (non-hydrogen) atoms. The molecule has 0 aromatic carbocycles. The van der Waals surface area contributed by atoms with Gasteiger partial charge in [0, 0.05) is 25.2 Å². The van der Waals surface area contributed by atoms with Crippen LogP contribution in [0, 0.1) is 0 Å². The molecule has 2 fully saturated rings. The van der Waals surface area contributed by atoms with E-state index in [0.717, 1.165) is 12.8 Å². The Morgan fingerprint density at radius 2 is 1.56 bits per heavy atom. The minimum atomic E-state index is -0.767. The van der Waals surface area contributed by atoms with Crippen molar-refractivity contribution in [1.82, 2.24) is 10.2 Å². The molecule has 0 spiro atoms. The molecule has 0 radical (unpaired) electrons. The smallest absolute Gasteiger partial charge is 0.407 e. The lowest BCUT2D eigenvalue weighted by atomic mass is 9.93. The van der Waals surface area contributed by atoms with E-state index in [4.69, 9.17) is 5.11 Å². The van der Waals surface area contributed by atoms with E-state index in [2.05, 4.69) is 5.32 Å². The van der Waals surface area contributed by atoms with Crippen molar-refractivity contribution in [3.63, 3.8) is 0 Å². The average molecular weight is 226 g/mol. The summed E-state index contributed by atoms with van der Waals surface area (Å²) in [6.07, 6.45) is 7.88. The van der Waals surface area contributed by atoms with Gasteiger partial charge in [0.05, 0.1) is 0 Å². The molecule has 0 aromatic heterocycles. The third-order valence-electron chi connectivity index (χ3n) is 3.84. The van der Waals surface area contributed by atoms with Crippen LogP contribution in [0.3, 0.4) is 0 Å². The molecule has 0 aromatic rings.